The Hall–Kier alpha value is -5.11. The molecule has 2 aliphatic rings. The minimum atomic E-state index is -1.60. The molecule has 7 atom stereocenters. The molecule has 2 saturated heterocycles. The van der Waals surface area contributed by atoms with Gasteiger partial charge >= 0.3 is 5.97 Å². The lowest BCUT2D eigenvalue weighted by atomic mass is 10.0. The van der Waals surface area contributed by atoms with Crippen molar-refractivity contribution in [3.05, 3.63) is 36.0 Å². The number of fused-ring (bicyclic) bond motifs is 1. The fraction of sp³-hybridized carbons (Fsp3) is 0.583. The van der Waals surface area contributed by atoms with Crippen LogP contribution in [0.15, 0.2) is 30.5 Å². The summed E-state index contributed by atoms with van der Waals surface area (Å²) in [6.07, 6.45) is 2.91. The zero-order valence-electron chi connectivity index (χ0n) is 30.9. The van der Waals surface area contributed by atoms with Crippen LogP contribution in [0.5, 0.6) is 0 Å². The number of aliphatic hydroxyl groups excluding tert-OH is 2. The average Bonchev–Trinajstić information content (AvgIpc) is 3.95. The van der Waals surface area contributed by atoms with Gasteiger partial charge in [-0.1, -0.05) is 18.2 Å². The van der Waals surface area contributed by atoms with Crippen molar-refractivity contribution in [2.75, 3.05) is 32.8 Å². The summed E-state index contributed by atoms with van der Waals surface area (Å²) in [7, 11) is 0. The van der Waals surface area contributed by atoms with Gasteiger partial charge in [-0.05, 0) is 70.0 Å². The fourth-order valence-electron chi connectivity index (χ4n) is 7.07. The van der Waals surface area contributed by atoms with E-state index >= 15 is 0 Å². The number of carbonyl (C=O) groups is 7. The predicted octanol–water partition coefficient (Wildman–Crippen LogP) is -2.82. The van der Waals surface area contributed by atoms with E-state index in [2.05, 4.69) is 26.3 Å². The highest BCUT2D eigenvalue weighted by Gasteiger charge is 2.45. The van der Waals surface area contributed by atoms with E-state index in [1.165, 1.54) is 16.7 Å². The predicted molar refractivity (Wildman–Crippen MR) is 198 cm³/mol. The molecule has 2 fully saturated rings. The van der Waals surface area contributed by atoms with Crippen LogP contribution in [-0.2, 0) is 40.0 Å². The number of aromatic nitrogens is 1. The minimum absolute atomic E-state index is 0.00891. The van der Waals surface area contributed by atoms with Crippen molar-refractivity contribution in [3.8, 4) is 0 Å². The highest BCUT2D eigenvalue weighted by molar-refractivity contribution is 5.98. The maximum absolute atomic E-state index is 13.9. The number of carbonyl (C=O) groups excluding carboxylic acids is 6. The fourth-order valence-corrected chi connectivity index (χ4v) is 7.07. The van der Waals surface area contributed by atoms with Gasteiger partial charge in [-0.2, -0.15) is 0 Å². The van der Waals surface area contributed by atoms with Gasteiger partial charge in [0.2, 0.25) is 35.4 Å². The summed E-state index contributed by atoms with van der Waals surface area (Å²) < 4.78 is 0. The molecule has 0 saturated carbocycles. The molecule has 19 heteroatoms. The second-order valence-corrected chi connectivity index (χ2v) is 13.9. The number of likely N-dealkylation sites (tertiary alicyclic amines) is 2. The summed E-state index contributed by atoms with van der Waals surface area (Å²) >= 11 is 0. The molecule has 3 heterocycles. The number of nitrogens with two attached hydrogens (primary N) is 2. The second-order valence-electron chi connectivity index (χ2n) is 13.9. The average molecular weight is 772 g/mol. The molecular weight excluding hydrogens is 718 g/mol. The van der Waals surface area contributed by atoms with Gasteiger partial charge in [-0.3, -0.25) is 28.8 Å². The third kappa shape index (κ3) is 10.8. The van der Waals surface area contributed by atoms with Crippen molar-refractivity contribution >= 4 is 52.3 Å². The second kappa shape index (κ2) is 20.0. The van der Waals surface area contributed by atoms with E-state index in [1.54, 1.807) is 6.20 Å². The van der Waals surface area contributed by atoms with E-state index in [4.69, 9.17) is 11.5 Å². The van der Waals surface area contributed by atoms with E-state index in [9.17, 15) is 48.9 Å². The molecular formula is C36H53N9O10. The van der Waals surface area contributed by atoms with E-state index in [0.717, 1.165) is 10.9 Å². The maximum Gasteiger partial charge on any atom is 0.326 e. The number of unbranched alkanes of at least 4 members (excludes halogenated alkanes) is 1. The number of hydrogen-bond donors (Lipinski definition) is 10. The molecule has 0 bridgehead atoms. The first-order valence-electron chi connectivity index (χ1n) is 18.6. The van der Waals surface area contributed by atoms with Crippen LogP contribution in [0.2, 0.25) is 0 Å². The Kier molecular flexibility index (Phi) is 15.5. The minimum Gasteiger partial charge on any atom is -0.480 e. The molecule has 1 aromatic carbocycles. The summed E-state index contributed by atoms with van der Waals surface area (Å²) in [5.41, 5.74) is 12.5. The number of aliphatic carboxylic acids is 1. The lowest BCUT2D eigenvalue weighted by Gasteiger charge is -2.34. The molecule has 2 aliphatic heterocycles. The number of rotatable bonds is 19. The van der Waals surface area contributed by atoms with Crippen molar-refractivity contribution in [2.45, 2.75) is 101 Å². The topological polar surface area (TPSA) is 303 Å². The Labute approximate surface area is 317 Å². The van der Waals surface area contributed by atoms with Gasteiger partial charge in [0, 0.05) is 36.6 Å². The number of amides is 6. The zero-order chi connectivity index (χ0) is 40.2. The van der Waals surface area contributed by atoms with Gasteiger partial charge in [0.05, 0.1) is 19.3 Å². The van der Waals surface area contributed by atoms with Crippen molar-refractivity contribution in [2.24, 2.45) is 11.5 Å². The molecule has 55 heavy (non-hydrogen) atoms. The number of nitrogens with zero attached hydrogens (tertiary/aromatic N) is 2. The zero-order valence-corrected chi connectivity index (χ0v) is 30.9. The van der Waals surface area contributed by atoms with Crippen LogP contribution in [-0.4, -0.2) is 147 Å². The van der Waals surface area contributed by atoms with Crippen LogP contribution in [0.4, 0.5) is 0 Å². The number of nitrogens with one attached hydrogen (secondary N) is 5. The third-order valence-electron chi connectivity index (χ3n) is 10.0. The molecule has 6 amide bonds. The van der Waals surface area contributed by atoms with Crippen molar-refractivity contribution < 1.29 is 48.9 Å². The molecule has 4 rings (SSSR count). The number of carboxylic acid groups (broad SMARTS) is 1. The van der Waals surface area contributed by atoms with E-state index < -0.39 is 96.9 Å². The lowest BCUT2D eigenvalue weighted by Crippen LogP contribution is -2.62. The van der Waals surface area contributed by atoms with Gasteiger partial charge in [0.25, 0.3) is 0 Å². The largest absolute Gasteiger partial charge is 0.480 e. The maximum atomic E-state index is 13.9. The normalized spacial score (nSPS) is 19.6. The number of benzene rings is 1. The molecule has 2 aromatic rings. The SMILES string of the molecule is C[C@@H](O)[C@H](NC(=O)[C@H](CO)NC(=O)[C@H](Cc1c[nH]c2ccccc12)NC(=O)CN)C(=O)N1CCC[C@H]1C(=O)N1CCC[C@H]1C(=O)N[C@@H](CCCCN)C(=O)O. The molecule has 0 aliphatic carbocycles. The first kappa shape index (κ1) is 42.6. The van der Waals surface area contributed by atoms with Gasteiger partial charge in [-0.25, -0.2) is 4.79 Å². The summed E-state index contributed by atoms with van der Waals surface area (Å²) in [6.45, 7) is 0.646. The monoisotopic (exact) mass is 771 g/mol. The number of hydrogen-bond acceptors (Lipinski definition) is 11. The highest BCUT2D eigenvalue weighted by atomic mass is 16.4. The molecule has 19 nitrogen and oxygen atoms in total. The first-order chi connectivity index (χ1) is 26.3. The van der Waals surface area contributed by atoms with E-state index in [1.807, 2.05) is 24.3 Å². The number of para-hydroxylation sites is 1. The van der Waals surface area contributed by atoms with Crippen LogP contribution in [0, 0.1) is 0 Å². The summed E-state index contributed by atoms with van der Waals surface area (Å²) in [5.74, 6) is -5.59. The van der Waals surface area contributed by atoms with E-state index in [-0.39, 0.29) is 32.4 Å². The quantitative estimate of drug-likeness (QED) is 0.0647. The Bertz CT molecular complexity index is 1700. The van der Waals surface area contributed by atoms with E-state index in [0.29, 0.717) is 44.2 Å². The van der Waals surface area contributed by atoms with Crippen molar-refractivity contribution in [3.63, 3.8) is 0 Å². The van der Waals surface area contributed by atoms with Gasteiger partial charge in [-0.15, -0.1) is 0 Å². The molecule has 0 spiro atoms. The summed E-state index contributed by atoms with van der Waals surface area (Å²) in [4.78, 5) is 97.7. The Morgan fingerprint density at radius 2 is 1.55 bits per heavy atom. The van der Waals surface area contributed by atoms with Crippen molar-refractivity contribution in [1.82, 2.24) is 36.1 Å². The van der Waals surface area contributed by atoms with Crippen LogP contribution in [0.3, 0.4) is 0 Å². The third-order valence-corrected chi connectivity index (χ3v) is 10.0. The van der Waals surface area contributed by atoms with Crippen molar-refractivity contribution in [1.29, 1.82) is 0 Å². The van der Waals surface area contributed by atoms with Crippen LogP contribution < -0.4 is 32.7 Å². The highest BCUT2D eigenvalue weighted by Crippen LogP contribution is 2.26. The van der Waals surface area contributed by atoms with Gasteiger partial charge in [0.1, 0.15) is 36.3 Å². The van der Waals surface area contributed by atoms with Gasteiger partial charge in [0.15, 0.2) is 0 Å². The Morgan fingerprint density at radius 1 is 0.873 bits per heavy atom. The molecule has 302 valence electrons. The molecule has 0 radical (unpaired) electrons. The summed E-state index contributed by atoms with van der Waals surface area (Å²) in [5, 5.41) is 41.1. The number of H-pyrrole nitrogens is 1. The lowest BCUT2D eigenvalue weighted by molar-refractivity contribution is -0.150. The van der Waals surface area contributed by atoms with Crippen LogP contribution in [0.25, 0.3) is 10.9 Å². The molecule has 0 unspecified atom stereocenters. The standard InChI is InChI=1S/C36H53N9O10/c1-20(47)30(43-32(50)26(19-46)42-31(49)25(40-29(48)17-38)16-21-18-39-23-9-3-2-8-22(21)23)35(53)45-15-7-12-28(45)34(52)44-14-6-11-27(44)33(51)41-24(36(54)55)10-4-5-13-37/h2-3,8-9,18,20,24-28,30,39,46-47H,4-7,10-17,19,37-38H2,1H3,(H,40,48)(H,41,51)(H,42,49)(H,43,50)(H,54,55)/t20-,24+,25+,26+,27+,28+,30+/m1/s1. The van der Waals surface area contributed by atoms with Gasteiger partial charge < -0.3 is 62.8 Å². The Balaban J connectivity index is 1.43. The number of aliphatic hydroxyl groups is 2. The summed E-state index contributed by atoms with van der Waals surface area (Å²) in [6, 6.07) is -0.206. The number of carboxylic acids is 1. The van der Waals surface area contributed by atoms with Crippen LogP contribution in [0.1, 0.15) is 57.4 Å². The first-order valence-corrected chi connectivity index (χ1v) is 18.6. The molecule has 12 N–H and O–H groups in total. The molecule has 1 aromatic heterocycles. The van der Waals surface area contributed by atoms with Crippen LogP contribution >= 0.6 is 0 Å². The Morgan fingerprint density at radius 3 is 2.20 bits per heavy atom. The smallest absolute Gasteiger partial charge is 0.326 e. The number of aromatic amines is 1.